The first-order valence-corrected chi connectivity index (χ1v) is 7.52. The fourth-order valence-electron chi connectivity index (χ4n) is 2.44. The zero-order valence-corrected chi connectivity index (χ0v) is 12.9. The van der Waals surface area contributed by atoms with E-state index < -0.39 is 0 Å². The van der Waals surface area contributed by atoms with E-state index in [4.69, 9.17) is 4.74 Å². The number of hydrogen-bond donors (Lipinski definition) is 1. The van der Waals surface area contributed by atoms with Gasteiger partial charge in [0.15, 0.2) is 0 Å². The van der Waals surface area contributed by atoms with E-state index in [1.165, 1.54) is 5.56 Å². The summed E-state index contributed by atoms with van der Waals surface area (Å²) in [5.41, 5.74) is 1.22. The summed E-state index contributed by atoms with van der Waals surface area (Å²) >= 11 is 3.49. The van der Waals surface area contributed by atoms with E-state index in [0.29, 0.717) is 6.54 Å². The van der Waals surface area contributed by atoms with Gasteiger partial charge in [-0.1, -0.05) is 22.0 Å². The van der Waals surface area contributed by atoms with Crippen LogP contribution in [0, 0.1) is 0 Å². The van der Waals surface area contributed by atoms with Gasteiger partial charge in [-0.15, -0.1) is 10.2 Å². The van der Waals surface area contributed by atoms with Crippen molar-refractivity contribution in [1.29, 1.82) is 0 Å². The minimum atomic E-state index is 0.289. The molecule has 0 aliphatic carbocycles. The number of rotatable bonds is 3. The van der Waals surface area contributed by atoms with Crippen LogP contribution in [0.3, 0.4) is 0 Å². The van der Waals surface area contributed by atoms with Gasteiger partial charge in [0, 0.05) is 23.1 Å². The average molecular weight is 337 g/mol. The molecule has 0 amide bonds. The Bertz CT molecular complexity index is 599. The normalized spacial score (nSPS) is 18.2. The molecular weight excluding hydrogens is 320 g/mol. The van der Waals surface area contributed by atoms with Gasteiger partial charge in [0.25, 0.3) is 0 Å². The van der Waals surface area contributed by atoms with Crippen LogP contribution >= 0.6 is 15.9 Å². The number of aryl methyl sites for hydroxylation is 1. The van der Waals surface area contributed by atoms with Crippen LogP contribution in [0.5, 0.6) is 5.75 Å². The Labute approximate surface area is 126 Å². The largest absolute Gasteiger partial charge is 0.493 e. The molecule has 0 radical (unpaired) electrons. The van der Waals surface area contributed by atoms with Crippen molar-refractivity contribution in [3.05, 3.63) is 40.4 Å². The van der Waals surface area contributed by atoms with E-state index in [9.17, 15) is 0 Å². The molecule has 1 aliphatic heterocycles. The molecule has 1 aromatic heterocycles. The lowest BCUT2D eigenvalue weighted by Crippen LogP contribution is -2.22. The van der Waals surface area contributed by atoms with E-state index in [2.05, 4.69) is 43.6 Å². The SMILES string of the molecule is Cn1cnnc1CNC1CCCOc2cc(Br)ccc21. The molecule has 1 aliphatic rings. The summed E-state index contributed by atoms with van der Waals surface area (Å²) in [5, 5.41) is 11.6. The average Bonchev–Trinajstić information content (AvgIpc) is 2.73. The maximum absolute atomic E-state index is 5.82. The van der Waals surface area contributed by atoms with E-state index in [0.717, 1.165) is 35.5 Å². The van der Waals surface area contributed by atoms with Crippen molar-refractivity contribution in [2.45, 2.75) is 25.4 Å². The zero-order chi connectivity index (χ0) is 13.9. The van der Waals surface area contributed by atoms with Crippen molar-refractivity contribution in [1.82, 2.24) is 20.1 Å². The number of nitrogens with one attached hydrogen (secondary N) is 1. The highest BCUT2D eigenvalue weighted by Crippen LogP contribution is 2.33. The Hall–Kier alpha value is -1.40. The number of nitrogens with zero attached hydrogens (tertiary/aromatic N) is 3. The fourth-order valence-corrected chi connectivity index (χ4v) is 2.78. The first-order chi connectivity index (χ1) is 9.74. The highest BCUT2D eigenvalue weighted by Gasteiger charge is 2.20. The summed E-state index contributed by atoms with van der Waals surface area (Å²) in [4.78, 5) is 0. The third kappa shape index (κ3) is 2.86. The van der Waals surface area contributed by atoms with Crippen LogP contribution in [0.1, 0.15) is 30.3 Å². The van der Waals surface area contributed by atoms with Crippen LogP contribution in [0.15, 0.2) is 29.0 Å². The van der Waals surface area contributed by atoms with Crippen molar-refractivity contribution in [3.8, 4) is 5.75 Å². The Balaban J connectivity index is 1.78. The van der Waals surface area contributed by atoms with E-state index in [1.807, 2.05) is 17.7 Å². The van der Waals surface area contributed by atoms with Crippen molar-refractivity contribution < 1.29 is 4.74 Å². The summed E-state index contributed by atoms with van der Waals surface area (Å²) in [6, 6.07) is 6.51. The predicted molar refractivity (Wildman–Crippen MR) is 79.5 cm³/mol. The van der Waals surface area contributed by atoms with Gasteiger partial charge in [0.2, 0.25) is 0 Å². The molecule has 2 heterocycles. The van der Waals surface area contributed by atoms with Crippen molar-refractivity contribution in [3.63, 3.8) is 0 Å². The second-order valence-electron chi connectivity index (χ2n) is 4.96. The fraction of sp³-hybridized carbons (Fsp3) is 0.429. The highest BCUT2D eigenvalue weighted by atomic mass is 79.9. The summed E-state index contributed by atoms with van der Waals surface area (Å²) in [6.45, 7) is 1.47. The molecule has 1 N–H and O–H groups in total. The molecule has 0 fully saturated rings. The molecule has 1 atom stereocenters. The molecule has 20 heavy (non-hydrogen) atoms. The molecule has 1 unspecified atom stereocenters. The van der Waals surface area contributed by atoms with Crippen LogP contribution in [-0.2, 0) is 13.6 Å². The number of fused-ring (bicyclic) bond motifs is 1. The smallest absolute Gasteiger partial charge is 0.146 e. The van der Waals surface area contributed by atoms with Gasteiger partial charge in [-0.25, -0.2) is 0 Å². The van der Waals surface area contributed by atoms with Gasteiger partial charge in [-0.05, 0) is 25.0 Å². The van der Waals surface area contributed by atoms with Crippen molar-refractivity contribution >= 4 is 15.9 Å². The van der Waals surface area contributed by atoms with Crippen LogP contribution < -0.4 is 10.1 Å². The number of ether oxygens (including phenoxy) is 1. The molecule has 2 aromatic rings. The molecule has 0 saturated heterocycles. The van der Waals surface area contributed by atoms with Crippen LogP contribution in [0.25, 0.3) is 0 Å². The number of hydrogen-bond acceptors (Lipinski definition) is 4. The number of aromatic nitrogens is 3. The van der Waals surface area contributed by atoms with E-state index >= 15 is 0 Å². The second-order valence-corrected chi connectivity index (χ2v) is 5.88. The molecule has 0 spiro atoms. The lowest BCUT2D eigenvalue weighted by Gasteiger charge is -2.18. The lowest BCUT2D eigenvalue weighted by atomic mass is 10.0. The van der Waals surface area contributed by atoms with Crippen molar-refractivity contribution in [2.75, 3.05) is 6.61 Å². The Kier molecular flexibility index (Phi) is 4.03. The molecule has 3 rings (SSSR count). The molecule has 5 nitrogen and oxygen atoms in total. The quantitative estimate of drug-likeness (QED) is 0.935. The Morgan fingerprint density at radius 2 is 2.40 bits per heavy atom. The zero-order valence-electron chi connectivity index (χ0n) is 11.3. The summed E-state index contributed by atoms with van der Waals surface area (Å²) < 4.78 is 8.80. The maximum Gasteiger partial charge on any atom is 0.146 e. The van der Waals surface area contributed by atoms with Gasteiger partial charge in [0.05, 0.1) is 13.2 Å². The topological polar surface area (TPSA) is 52.0 Å². The monoisotopic (exact) mass is 336 g/mol. The van der Waals surface area contributed by atoms with Gasteiger partial charge in [0.1, 0.15) is 17.9 Å². The molecular formula is C14H17BrN4O. The minimum Gasteiger partial charge on any atom is -0.493 e. The van der Waals surface area contributed by atoms with Crippen LogP contribution in [0.4, 0.5) is 0 Å². The van der Waals surface area contributed by atoms with Gasteiger partial charge in [-0.3, -0.25) is 0 Å². The Morgan fingerprint density at radius 3 is 3.20 bits per heavy atom. The first kappa shape index (κ1) is 13.6. The first-order valence-electron chi connectivity index (χ1n) is 6.72. The van der Waals surface area contributed by atoms with Crippen LogP contribution in [-0.4, -0.2) is 21.4 Å². The number of benzene rings is 1. The summed E-state index contributed by atoms with van der Waals surface area (Å²) in [6.07, 6.45) is 3.83. The standard InChI is InChI=1S/C14H17BrN4O/c1-19-9-17-18-14(19)8-16-12-3-2-6-20-13-7-10(15)4-5-11(12)13/h4-5,7,9,12,16H,2-3,6,8H2,1H3. The summed E-state index contributed by atoms with van der Waals surface area (Å²) in [5.74, 6) is 1.90. The van der Waals surface area contributed by atoms with Gasteiger partial charge >= 0.3 is 0 Å². The highest BCUT2D eigenvalue weighted by molar-refractivity contribution is 9.10. The predicted octanol–water partition coefficient (Wildman–Crippen LogP) is 2.58. The summed E-state index contributed by atoms with van der Waals surface area (Å²) in [7, 11) is 1.96. The van der Waals surface area contributed by atoms with Crippen LogP contribution in [0.2, 0.25) is 0 Å². The molecule has 106 valence electrons. The molecule has 1 aromatic carbocycles. The maximum atomic E-state index is 5.82. The lowest BCUT2D eigenvalue weighted by molar-refractivity contribution is 0.315. The second kappa shape index (κ2) is 5.93. The molecule has 0 saturated carbocycles. The van der Waals surface area contributed by atoms with E-state index in [-0.39, 0.29) is 6.04 Å². The van der Waals surface area contributed by atoms with Crippen molar-refractivity contribution in [2.24, 2.45) is 7.05 Å². The van der Waals surface area contributed by atoms with Gasteiger partial charge < -0.3 is 14.6 Å². The Morgan fingerprint density at radius 1 is 1.50 bits per heavy atom. The molecule has 0 bridgehead atoms. The van der Waals surface area contributed by atoms with Gasteiger partial charge in [-0.2, -0.15) is 0 Å². The third-order valence-corrected chi connectivity index (χ3v) is 4.05. The minimum absolute atomic E-state index is 0.289. The molecule has 6 heteroatoms. The third-order valence-electron chi connectivity index (χ3n) is 3.56. The number of halogens is 1. The van der Waals surface area contributed by atoms with E-state index in [1.54, 1.807) is 6.33 Å².